The molecule has 7 nitrogen and oxygen atoms in total. The Morgan fingerprint density at radius 1 is 1.43 bits per heavy atom. The summed E-state index contributed by atoms with van der Waals surface area (Å²) in [6.07, 6.45) is -0.713. The molecule has 0 heterocycles. The number of carbonyl (C=O) groups is 1. The third kappa shape index (κ3) is 4.80. The molecule has 118 valence electrons. The SMILES string of the molecule is COc1cc([C@@H](N)CO)cc(NC(=O)OC(C)(C)C)c1O. The summed E-state index contributed by atoms with van der Waals surface area (Å²) in [5.41, 5.74) is 5.69. The number of phenols is 1. The van der Waals surface area contributed by atoms with Gasteiger partial charge in [0.1, 0.15) is 5.60 Å². The number of methoxy groups -OCH3 is 1. The van der Waals surface area contributed by atoms with Gasteiger partial charge in [-0.15, -0.1) is 0 Å². The third-order valence-electron chi connectivity index (χ3n) is 2.58. The molecule has 0 saturated heterocycles. The first-order chi connectivity index (χ1) is 9.67. The molecule has 0 aliphatic carbocycles. The second-order valence-corrected chi connectivity index (χ2v) is 5.54. The van der Waals surface area contributed by atoms with Crippen LogP contribution in [0.4, 0.5) is 10.5 Å². The zero-order valence-corrected chi connectivity index (χ0v) is 12.6. The maximum absolute atomic E-state index is 11.8. The molecule has 21 heavy (non-hydrogen) atoms. The van der Waals surface area contributed by atoms with Gasteiger partial charge in [-0.3, -0.25) is 5.32 Å². The quantitative estimate of drug-likeness (QED) is 0.630. The van der Waals surface area contributed by atoms with Crippen molar-refractivity contribution in [2.45, 2.75) is 32.4 Å². The summed E-state index contributed by atoms with van der Waals surface area (Å²) in [6, 6.07) is 2.30. The van der Waals surface area contributed by atoms with E-state index in [9.17, 15) is 9.90 Å². The van der Waals surface area contributed by atoms with E-state index >= 15 is 0 Å². The highest BCUT2D eigenvalue weighted by Crippen LogP contribution is 2.37. The van der Waals surface area contributed by atoms with Gasteiger partial charge in [0.05, 0.1) is 25.4 Å². The molecule has 0 bridgehead atoms. The van der Waals surface area contributed by atoms with E-state index in [0.29, 0.717) is 5.56 Å². The van der Waals surface area contributed by atoms with E-state index in [4.69, 9.17) is 20.3 Å². The number of carbonyl (C=O) groups excluding carboxylic acids is 1. The second kappa shape index (κ2) is 6.64. The molecule has 1 rings (SSSR count). The number of aliphatic hydroxyl groups excluding tert-OH is 1. The van der Waals surface area contributed by atoms with Gasteiger partial charge in [0, 0.05) is 0 Å². The van der Waals surface area contributed by atoms with Gasteiger partial charge in [-0.05, 0) is 38.5 Å². The van der Waals surface area contributed by atoms with Gasteiger partial charge in [-0.25, -0.2) is 4.79 Å². The van der Waals surface area contributed by atoms with Crippen molar-refractivity contribution in [3.05, 3.63) is 17.7 Å². The zero-order chi connectivity index (χ0) is 16.2. The van der Waals surface area contributed by atoms with E-state index in [1.807, 2.05) is 0 Å². The number of amides is 1. The maximum atomic E-state index is 11.8. The van der Waals surface area contributed by atoms with Gasteiger partial charge in [0.25, 0.3) is 0 Å². The van der Waals surface area contributed by atoms with Crippen LogP contribution >= 0.6 is 0 Å². The lowest BCUT2D eigenvalue weighted by Crippen LogP contribution is -2.27. The van der Waals surface area contributed by atoms with Crippen molar-refractivity contribution in [2.24, 2.45) is 5.73 Å². The normalized spacial score (nSPS) is 12.7. The molecule has 1 aromatic carbocycles. The predicted molar refractivity (Wildman–Crippen MR) is 78.5 cm³/mol. The van der Waals surface area contributed by atoms with E-state index in [0.717, 1.165) is 0 Å². The lowest BCUT2D eigenvalue weighted by Gasteiger charge is -2.21. The summed E-state index contributed by atoms with van der Waals surface area (Å²) in [5.74, 6) is -0.0975. The summed E-state index contributed by atoms with van der Waals surface area (Å²) < 4.78 is 10.1. The average Bonchev–Trinajstić information content (AvgIpc) is 2.37. The fourth-order valence-electron chi connectivity index (χ4n) is 1.61. The minimum Gasteiger partial charge on any atom is -0.503 e. The summed E-state index contributed by atoms with van der Waals surface area (Å²) in [5, 5.41) is 21.6. The molecular weight excluding hydrogens is 276 g/mol. The Bertz CT molecular complexity index is 511. The van der Waals surface area contributed by atoms with Gasteiger partial charge in [0.2, 0.25) is 0 Å². The fourth-order valence-corrected chi connectivity index (χ4v) is 1.61. The zero-order valence-electron chi connectivity index (χ0n) is 12.6. The molecular formula is C14H22N2O5. The van der Waals surface area contributed by atoms with Crippen LogP contribution in [0.3, 0.4) is 0 Å². The number of nitrogens with two attached hydrogens (primary N) is 1. The predicted octanol–water partition coefficient (Wildman–Crippen LogP) is 1.74. The number of anilines is 1. The number of hydrogen-bond acceptors (Lipinski definition) is 6. The topological polar surface area (TPSA) is 114 Å². The number of benzene rings is 1. The summed E-state index contributed by atoms with van der Waals surface area (Å²) in [4.78, 5) is 11.8. The Morgan fingerprint density at radius 3 is 2.52 bits per heavy atom. The molecule has 0 aliphatic rings. The molecule has 1 amide bonds. The Hall–Kier alpha value is -1.99. The van der Waals surface area contributed by atoms with Crippen LogP contribution in [0.15, 0.2) is 12.1 Å². The highest BCUT2D eigenvalue weighted by atomic mass is 16.6. The van der Waals surface area contributed by atoms with Gasteiger partial charge >= 0.3 is 6.09 Å². The molecule has 0 aliphatic heterocycles. The number of hydrogen-bond donors (Lipinski definition) is 4. The number of phenolic OH excluding ortho intramolecular Hbond substituents is 1. The molecule has 0 spiro atoms. The van der Waals surface area contributed by atoms with Crippen LogP contribution in [0.2, 0.25) is 0 Å². The number of nitrogens with one attached hydrogen (secondary N) is 1. The van der Waals surface area contributed by atoms with E-state index < -0.39 is 17.7 Å². The van der Waals surface area contributed by atoms with Crippen LogP contribution in [0, 0.1) is 0 Å². The molecule has 7 heteroatoms. The Morgan fingerprint density at radius 2 is 2.05 bits per heavy atom. The monoisotopic (exact) mass is 298 g/mol. The summed E-state index contributed by atoms with van der Waals surface area (Å²) >= 11 is 0. The molecule has 0 aromatic heterocycles. The van der Waals surface area contributed by atoms with Crippen molar-refractivity contribution in [2.75, 3.05) is 19.0 Å². The lowest BCUT2D eigenvalue weighted by molar-refractivity contribution is 0.0635. The van der Waals surface area contributed by atoms with E-state index in [2.05, 4.69) is 5.32 Å². The molecule has 1 atom stereocenters. The number of rotatable bonds is 4. The Balaban J connectivity index is 3.07. The van der Waals surface area contributed by atoms with Gasteiger partial charge in [0.15, 0.2) is 11.5 Å². The van der Waals surface area contributed by atoms with E-state index in [1.165, 1.54) is 19.2 Å². The number of aliphatic hydroxyl groups is 1. The van der Waals surface area contributed by atoms with Gasteiger partial charge in [-0.2, -0.15) is 0 Å². The fraction of sp³-hybridized carbons (Fsp3) is 0.500. The van der Waals surface area contributed by atoms with E-state index in [1.54, 1.807) is 20.8 Å². The van der Waals surface area contributed by atoms with Crippen LogP contribution < -0.4 is 15.8 Å². The molecule has 0 unspecified atom stereocenters. The lowest BCUT2D eigenvalue weighted by atomic mass is 10.1. The van der Waals surface area contributed by atoms with Gasteiger partial charge in [-0.1, -0.05) is 0 Å². The van der Waals surface area contributed by atoms with Crippen LogP contribution in [0.25, 0.3) is 0 Å². The maximum Gasteiger partial charge on any atom is 0.412 e. The van der Waals surface area contributed by atoms with Crippen molar-refractivity contribution < 1.29 is 24.5 Å². The van der Waals surface area contributed by atoms with Crippen molar-refractivity contribution >= 4 is 11.8 Å². The van der Waals surface area contributed by atoms with Crippen molar-refractivity contribution in [1.29, 1.82) is 0 Å². The summed E-state index contributed by atoms with van der Waals surface area (Å²) in [7, 11) is 1.38. The largest absolute Gasteiger partial charge is 0.503 e. The van der Waals surface area contributed by atoms with Crippen LogP contribution in [0.1, 0.15) is 32.4 Å². The Kier molecular flexibility index (Phi) is 5.40. The minimum atomic E-state index is -0.713. The minimum absolute atomic E-state index is 0.0995. The molecule has 0 radical (unpaired) electrons. The first-order valence-electron chi connectivity index (χ1n) is 6.45. The smallest absolute Gasteiger partial charge is 0.412 e. The summed E-state index contributed by atoms with van der Waals surface area (Å²) in [6.45, 7) is 4.90. The highest BCUT2D eigenvalue weighted by molar-refractivity contribution is 5.88. The average molecular weight is 298 g/mol. The first kappa shape index (κ1) is 17.1. The standard InChI is InChI=1S/C14H22N2O5/c1-14(2,3)21-13(19)16-10-5-8(9(15)7-17)6-11(20-4)12(10)18/h5-6,9,17-18H,7,15H2,1-4H3,(H,16,19)/t9-/m0/s1. The van der Waals surface area contributed by atoms with Gasteiger partial charge < -0.3 is 25.4 Å². The van der Waals surface area contributed by atoms with E-state index in [-0.39, 0.29) is 23.8 Å². The third-order valence-corrected chi connectivity index (χ3v) is 2.58. The van der Waals surface area contributed by atoms with Crippen molar-refractivity contribution in [1.82, 2.24) is 0 Å². The Labute approximate surface area is 123 Å². The van der Waals surface area contributed by atoms with Crippen molar-refractivity contribution in [3.63, 3.8) is 0 Å². The molecule has 5 N–H and O–H groups in total. The number of ether oxygens (including phenoxy) is 2. The number of aromatic hydroxyl groups is 1. The second-order valence-electron chi connectivity index (χ2n) is 5.54. The molecule has 0 saturated carbocycles. The molecule has 0 fully saturated rings. The first-order valence-corrected chi connectivity index (χ1v) is 6.45. The molecule has 1 aromatic rings. The van der Waals surface area contributed by atoms with Crippen molar-refractivity contribution in [3.8, 4) is 11.5 Å². The van der Waals surface area contributed by atoms with Crippen LogP contribution in [-0.4, -0.2) is 35.6 Å². The van der Waals surface area contributed by atoms with Crippen LogP contribution in [0.5, 0.6) is 11.5 Å². The van der Waals surface area contributed by atoms with Crippen LogP contribution in [-0.2, 0) is 4.74 Å². The highest BCUT2D eigenvalue weighted by Gasteiger charge is 2.20.